The van der Waals surface area contributed by atoms with Crippen molar-refractivity contribution in [2.24, 2.45) is 5.73 Å². The molecule has 17 heavy (non-hydrogen) atoms. The molecule has 96 valence electrons. The summed E-state index contributed by atoms with van der Waals surface area (Å²) in [6, 6.07) is 6.37. The number of hydrogen-bond acceptors (Lipinski definition) is 4. The maximum atomic E-state index is 6.08. The molecule has 4 nitrogen and oxygen atoms in total. The molecule has 0 spiro atoms. The quantitative estimate of drug-likeness (QED) is 0.813. The predicted octanol–water partition coefficient (Wildman–Crippen LogP) is 1.44. The van der Waals surface area contributed by atoms with E-state index in [9.17, 15) is 0 Å². The molecule has 0 amide bonds. The summed E-state index contributed by atoms with van der Waals surface area (Å²) in [5.41, 5.74) is 7.09. The number of rotatable bonds is 6. The summed E-state index contributed by atoms with van der Waals surface area (Å²) < 4.78 is 5.19. The molecule has 1 rings (SSSR count). The molecule has 1 heterocycles. The van der Waals surface area contributed by atoms with Crippen molar-refractivity contribution in [1.29, 1.82) is 0 Å². The fourth-order valence-corrected chi connectivity index (χ4v) is 2.03. The number of nitrogens with two attached hydrogens (primary N) is 1. The lowest BCUT2D eigenvalue weighted by Crippen LogP contribution is -2.43. The van der Waals surface area contributed by atoms with Gasteiger partial charge in [-0.05, 0) is 33.0 Å². The zero-order chi connectivity index (χ0) is 12.8. The average molecular weight is 237 g/mol. The van der Waals surface area contributed by atoms with Crippen molar-refractivity contribution < 1.29 is 4.74 Å². The number of hydrogen-bond donors (Lipinski definition) is 1. The second kappa shape index (κ2) is 6.69. The van der Waals surface area contributed by atoms with Crippen molar-refractivity contribution in [2.75, 3.05) is 20.8 Å². The molecule has 3 atom stereocenters. The van der Waals surface area contributed by atoms with Gasteiger partial charge in [-0.15, -0.1) is 0 Å². The van der Waals surface area contributed by atoms with E-state index >= 15 is 0 Å². The minimum atomic E-state index is 0.0224. The Bertz CT molecular complexity index is 316. The van der Waals surface area contributed by atoms with Crippen LogP contribution in [-0.4, -0.2) is 42.7 Å². The summed E-state index contributed by atoms with van der Waals surface area (Å²) in [4.78, 5) is 6.62. The normalized spacial score (nSPS) is 16.8. The predicted molar refractivity (Wildman–Crippen MR) is 69.7 cm³/mol. The van der Waals surface area contributed by atoms with Crippen molar-refractivity contribution in [3.05, 3.63) is 30.1 Å². The van der Waals surface area contributed by atoms with E-state index in [1.807, 2.05) is 25.1 Å². The van der Waals surface area contributed by atoms with Crippen molar-refractivity contribution in [3.63, 3.8) is 0 Å². The molecular formula is C13H23N3O. The third-order valence-electron chi connectivity index (χ3n) is 3.03. The van der Waals surface area contributed by atoms with E-state index in [0.717, 1.165) is 5.69 Å². The third kappa shape index (κ3) is 3.77. The Hall–Kier alpha value is -0.970. The topological polar surface area (TPSA) is 51.4 Å². The molecule has 3 unspecified atom stereocenters. The summed E-state index contributed by atoms with van der Waals surface area (Å²) in [6.07, 6.45) is 1.81. The first kappa shape index (κ1) is 14.1. The zero-order valence-corrected chi connectivity index (χ0v) is 11.1. The van der Waals surface area contributed by atoms with E-state index < -0.39 is 0 Å². The van der Waals surface area contributed by atoms with Gasteiger partial charge in [0.05, 0.1) is 18.3 Å². The lowest BCUT2D eigenvalue weighted by molar-refractivity contribution is 0.0805. The van der Waals surface area contributed by atoms with Crippen LogP contribution in [-0.2, 0) is 4.74 Å². The van der Waals surface area contributed by atoms with Crippen molar-refractivity contribution in [2.45, 2.75) is 32.0 Å². The highest BCUT2D eigenvalue weighted by atomic mass is 16.5. The van der Waals surface area contributed by atoms with Gasteiger partial charge in [0.1, 0.15) is 0 Å². The summed E-state index contributed by atoms with van der Waals surface area (Å²) in [6.45, 7) is 4.82. The van der Waals surface area contributed by atoms with Gasteiger partial charge in [0.25, 0.3) is 0 Å². The van der Waals surface area contributed by atoms with Gasteiger partial charge in [-0.2, -0.15) is 0 Å². The van der Waals surface area contributed by atoms with E-state index in [1.165, 1.54) is 0 Å². The number of ether oxygens (including phenoxy) is 1. The van der Waals surface area contributed by atoms with Crippen LogP contribution in [0.2, 0.25) is 0 Å². The Morgan fingerprint density at radius 3 is 2.59 bits per heavy atom. The van der Waals surface area contributed by atoms with Crippen LogP contribution in [0.4, 0.5) is 0 Å². The molecule has 1 aromatic heterocycles. The van der Waals surface area contributed by atoms with Gasteiger partial charge in [0.15, 0.2) is 0 Å². The van der Waals surface area contributed by atoms with Crippen LogP contribution < -0.4 is 5.73 Å². The van der Waals surface area contributed by atoms with Crippen molar-refractivity contribution in [1.82, 2.24) is 9.88 Å². The maximum Gasteiger partial charge on any atom is 0.0671 e. The van der Waals surface area contributed by atoms with Gasteiger partial charge < -0.3 is 10.5 Å². The standard InChI is InChI=1S/C13H23N3O/c1-10(9-17-4)16(3)13(11(2)14)12-7-5-6-8-15-12/h5-8,10-11,13H,9,14H2,1-4H3. The van der Waals surface area contributed by atoms with Crippen LogP contribution in [0.15, 0.2) is 24.4 Å². The summed E-state index contributed by atoms with van der Waals surface area (Å²) in [5, 5.41) is 0. The zero-order valence-electron chi connectivity index (χ0n) is 11.1. The average Bonchev–Trinajstić information content (AvgIpc) is 2.30. The molecule has 0 fully saturated rings. The Labute approximate surface area is 104 Å². The van der Waals surface area contributed by atoms with E-state index in [2.05, 4.69) is 23.9 Å². The lowest BCUT2D eigenvalue weighted by atomic mass is 10.0. The molecule has 0 aromatic carbocycles. The molecule has 0 bridgehead atoms. The molecule has 1 aromatic rings. The molecule has 2 N–H and O–H groups in total. The first-order valence-corrected chi connectivity index (χ1v) is 5.95. The van der Waals surface area contributed by atoms with Crippen molar-refractivity contribution in [3.8, 4) is 0 Å². The smallest absolute Gasteiger partial charge is 0.0671 e. The molecule has 0 aliphatic carbocycles. The molecule has 0 aliphatic heterocycles. The number of pyridine rings is 1. The highest BCUT2D eigenvalue weighted by Gasteiger charge is 2.25. The largest absolute Gasteiger partial charge is 0.383 e. The number of methoxy groups -OCH3 is 1. The van der Waals surface area contributed by atoms with Gasteiger partial charge in [0, 0.05) is 25.4 Å². The van der Waals surface area contributed by atoms with Crippen LogP contribution in [0.5, 0.6) is 0 Å². The van der Waals surface area contributed by atoms with Crippen LogP contribution in [0, 0.1) is 0 Å². The fourth-order valence-electron chi connectivity index (χ4n) is 2.03. The first-order chi connectivity index (χ1) is 8.07. The molecule has 0 radical (unpaired) electrons. The number of aromatic nitrogens is 1. The van der Waals surface area contributed by atoms with Crippen LogP contribution in [0.3, 0.4) is 0 Å². The molecule has 0 saturated carbocycles. The Morgan fingerprint density at radius 2 is 2.12 bits per heavy atom. The molecule has 4 heteroatoms. The van der Waals surface area contributed by atoms with Crippen LogP contribution >= 0.6 is 0 Å². The van der Waals surface area contributed by atoms with E-state index in [1.54, 1.807) is 13.3 Å². The minimum Gasteiger partial charge on any atom is -0.383 e. The highest BCUT2D eigenvalue weighted by molar-refractivity contribution is 5.11. The van der Waals surface area contributed by atoms with Gasteiger partial charge in [-0.25, -0.2) is 0 Å². The van der Waals surface area contributed by atoms with E-state index in [-0.39, 0.29) is 12.1 Å². The Kier molecular flexibility index (Phi) is 5.55. The Morgan fingerprint density at radius 1 is 1.41 bits per heavy atom. The number of nitrogens with zero attached hydrogens (tertiary/aromatic N) is 2. The monoisotopic (exact) mass is 237 g/mol. The fraction of sp³-hybridized carbons (Fsp3) is 0.615. The number of likely N-dealkylation sites (N-methyl/N-ethyl adjacent to an activating group) is 1. The van der Waals surface area contributed by atoms with Crippen LogP contribution in [0.1, 0.15) is 25.6 Å². The first-order valence-electron chi connectivity index (χ1n) is 5.95. The minimum absolute atomic E-state index is 0.0224. The van der Waals surface area contributed by atoms with Gasteiger partial charge >= 0.3 is 0 Å². The van der Waals surface area contributed by atoms with Gasteiger partial charge in [-0.3, -0.25) is 9.88 Å². The highest BCUT2D eigenvalue weighted by Crippen LogP contribution is 2.22. The van der Waals surface area contributed by atoms with E-state index in [4.69, 9.17) is 10.5 Å². The lowest BCUT2D eigenvalue weighted by Gasteiger charge is -2.34. The Balaban J connectivity index is 2.86. The summed E-state index contributed by atoms with van der Waals surface area (Å²) >= 11 is 0. The summed E-state index contributed by atoms with van der Waals surface area (Å²) in [7, 11) is 3.78. The summed E-state index contributed by atoms with van der Waals surface area (Å²) in [5.74, 6) is 0. The van der Waals surface area contributed by atoms with E-state index in [0.29, 0.717) is 12.6 Å². The molecule has 0 aliphatic rings. The second-order valence-electron chi connectivity index (χ2n) is 4.53. The third-order valence-corrected chi connectivity index (χ3v) is 3.03. The van der Waals surface area contributed by atoms with Gasteiger partial charge in [0.2, 0.25) is 0 Å². The maximum absolute atomic E-state index is 6.08. The molecule has 0 saturated heterocycles. The van der Waals surface area contributed by atoms with Crippen molar-refractivity contribution >= 4 is 0 Å². The SMILES string of the molecule is COCC(C)N(C)C(c1ccccn1)C(C)N. The molecular weight excluding hydrogens is 214 g/mol. The second-order valence-corrected chi connectivity index (χ2v) is 4.53. The van der Waals surface area contributed by atoms with Crippen LogP contribution in [0.25, 0.3) is 0 Å². The van der Waals surface area contributed by atoms with Gasteiger partial charge in [-0.1, -0.05) is 6.07 Å².